The Labute approximate surface area is 140 Å². The van der Waals surface area contributed by atoms with Crippen LogP contribution in [0.3, 0.4) is 0 Å². The fourth-order valence-corrected chi connectivity index (χ4v) is 2.76. The number of hydrazone groups is 1. The number of hydrogen-bond donors (Lipinski definition) is 2. The molecule has 0 aromatic heterocycles. The molecule has 0 aliphatic carbocycles. The Morgan fingerprint density at radius 1 is 1.00 bits per heavy atom. The van der Waals surface area contributed by atoms with Crippen LogP contribution >= 0.6 is 0 Å². The summed E-state index contributed by atoms with van der Waals surface area (Å²) in [6.07, 6.45) is 0.662. The zero-order chi connectivity index (χ0) is 17.1. The predicted octanol–water partition coefficient (Wildman–Crippen LogP) is 2.86. The van der Waals surface area contributed by atoms with Gasteiger partial charge < -0.3 is 24.7 Å². The SMILES string of the molecule is COc1ccc(C2=NN[C@@H](c3ccc(OC)c(OC)c3)C2)c(O)c1. The van der Waals surface area contributed by atoms with Crippen molar-refractivity contribution in [1.82, 2.24) is 5.43 Å². The largest absolute Gasteiger partial charge is 0.507 e. The molecule has 2 aromatic rings. The average molecular weight is 328 g/mol. The number of nitrogens with zero attached hydrogens (tertiary/aromatic N) is 1. The van der Waals surface area contributed by atoms with Gasteiger partial charge in [-0.2, -0.15) is 5.10 Å². The number of ether oxygens (including phenoxy) is 3. The maximum absolute atomic E-state index is 10.2. The van der Waals surface area contributed by atoms with Crippen molar-refractivity contribution in [2.24, 2.45) is 5.10 Å². The molecule has 1 aliphatic heterocycles. The van der Waals surface area contributed by atoms with Gasteiger partial charge >= 0.3 is 0 Å². The highest BCUT2D eigenvalue weighted by Crippen LogP contribution is 2.34. The van der Waals surface area contributed by atoms with E-state index < -0.39 is 0 Å². The molecule has 24 heavy (non-hydrogen) atoms. The van der Waals surface area contributed by atoms with Crippen LogP contribution < -0.4 is 19.6 Å². The van der Waals surface area contributed by atoms with E-state index in [-0.39, 0.29) is 11.8 Å². The van der Waals surface area contributed by atoms with Gasteiger partial charge in [-0.3, -0.25) is 0 Å². The maximum atomic E-state index is 10.2. The molecule has 1 atom stereocenters. The number of nitrogens with one attached hydrogen (secondary N) is 1. The smallest absolute Gasteiger partial charge is 0.161 e. The number of aromatic hydroxyl groups is 1. The number of rotatable bonds is 5. The molecule has 0 saturated heterocycles. The van der Waals surface area contributed by atoms with E-state index in [4.69, 9.17) is 14.2 Å². The third-order valence-electron chi connectivity index (χ3n) is 4.08. The van der Waals surface area contributed by atoms with E-state index in [0.29, 0.717) is 29.2 Å². The molecule has 2 aromatic carbocycles. The van der Waals surface area contributed by atoms with Crippen LogP contribution in [-0.4, -0.2) is 32.1 Å². The highest BCUT2D eigenvalue weighted by molar-refractivity contribution is 6.04. The minimum absolute atomic E-state index is 0.0151. The van der Waals surface area contributed by atoms with Crippen molar-refractivity contribution < 1.29 is 19.3 Å². The molecule has 0 saturated carbocycles. The summed E-state index contributed by atoms with van der Waals surface area (Å²) in [5, 5.41) is 14.5. The van der Waals surface area contributed by atoms with Gasteiger partial charge in [-0.25, -0.2) is 0 Å². The number of phenolic OH excluding ortho intramolecular Hbond substituents is 1. The fraction of sp³-hybridized carbons (Fsp3) is 0.278. The lowest BCUT2D eigenvalue weighted by Gasteiger charge is -2.14. The lowest BCUT2D eigenvalue weighted by Crippen LogP contribution is -2.10. The van der Waals surface area contributed by atoms with E-state index >= 15 is 0 Å². The summed E-state index contributed by atoms with van der Waals surface area (Å²) < 4.78 is 15.7. The van der Waals surface area contributed by atoms with E-state index in [9.17, 15) is 5.11 Å². The molecular weight excluding hydrogens is 308 g/mol. The fourth-order valence-electron chi connectivity index (χ4n) is 2.76. The molecule has 0 radical (unpaired) electrons. The molecule has 0 spiro atoms. The quantitative estimate of drug-likeness (QED) is 0.883. The standard InChI is InChI=1S/C18H20N2O4/c1-22-12-5-6-13(16(21)9-12)15-10-14(19-20-15)11-4-7-17(23-2)18(8-11)24-3/h4-9,14,19,21H,10H2,1-3H3/t14-/m1/s1. The van der Waals surface area contributed by atoms with Gasteiger partial charge in [-0.15, -0.1) is 0 Å². The van der Waals surface area contributed by atoms with Gasteiger partial charge in [0.1, 0.15) is 11.5 Å². The molecule has 0 amide bonds. The van der Waals surface area contributed by atoms with E-state index in [1.807, 2.05) is 24.3 Å². The van der Waals surface area contributed by atoms with E-state index in [1.165, 1.54) is 0 Å². The molecule has 6 heteroatoms. The lowest BCUT2D eigenvalue weighted by molar-refractivity contribution is 0.354. The first-order valence-corrected chi connectivity index (χ1v) is 7.57. The number of phenols is 1. The topological polar surface area (TPSA) is 72.3 Å². The zero-order valence-corrected chi connectivity index (χ0v) is 13.9. The van der Waals surface area contributed by atoms with Gasteiger partial charge in [0.15, 0.2) is 11.5 Å². The second-order valence-corrected chi connectivity index (χ2v) is 5.44. The van der Waals surface area contributed by atoms with Crippen LogP contribution in [0.25, 0.3) is 0 Å². The lowest BCUT2D eigenvalue weighted by atomic mass is 9.98. The third kappa shape index (κ3) is 2.95. The van der Waals surface area contributed by atoms with Gasteiger partial charge in [0.05, 0.1) is 33.1 Å². The van der Waals surface area contributed by atoms with Crippen LogP contribution in [0.15, 0.2) is 41.5 Å². The van der Waals surface area contributed by atoms with Crippen LogP contribution in [0.2, 0.25) is 0 Å². The van der Waals surface area contributed by atoms with Crippen molar-refractivity contribution >= 4 is 5.71 Å². The van der Waals surface area contributed by atoms with Gasteiger partial charge in [0, 0.05) is 18.1 Å². The van der Waals surface area contributed by atoms with Crippen LogP contribution in [0.5, 0.6) is 23.0 Å². The highest BCUT2D eigenvalue weighted by Gasteiger charge is 2.24. The Kier molecular flexibility index (Phi) is 4.46. The minimum atomic E-state index is 0.0151. The number of methoxy groups -OCH3 is 3. The molecule has 6 nitrogen and oxygen atoms in total. The van der Waals surface area contributed by atoms with Crippen molar-refractivity contribution in [1.29, 1.82) is 0 Å². The zero-order valence-electron chi connectivity index (χ0n) is 13.9. The Morgan fingerprint density at radius 2 is 1.79 bits per heavy atom. The van der Waals surface area contributed by atoms with Crippen LogP contribution in [0.4, 0.5) is 0 Å². The third-order valence-corrected chi connectivity index (χ3v) is 4.08. The molecule has 126 valence electrons. The Morgan fingerprint density at radius 3 is 2.46 bits per heavy atom. The Hall–Kier alpha value is -2.89. The molecule has 0 bridgehead atoms. The number of hydrogen-bond acceptors (Lipinski definition) is 6. The summed E-state index contributed by atoms with van der Waals surface area (Å²) >= 11 is 0. The normalized spacial score (nSPS) is 16.3. The first-order chi connectivity index (χ1) is 11.7. The van der Waals surface area contributed by atoms with E-state index in [0.717, 1.165) is 11.3 Å². The van der Waals surface area contributed by atoms with Gasteiger partial charge in [-0.05, 0) is 29.8 Å². The van der Waals surface area contributed by atoms with E-state index in [2.05, 4.69) is 10.5 Å². The summed E-state index contributed by atoms with van der Waals surface area (Å²) in [4.78, 5) is 0. The first-order valence-electron chi connectivity index (χ1n) is 7.57. The van der Waals surface area contributed by atoms with Gasteiger partial charge in [-0.1, -0.05) is 6.07 Å². The predicted molar refractivity (Wildman–Crippen MR) is 91.2 cm³/mol. The van der Waals surface area contributed by atoms with Gasteiger partial charge in [0.2, 0.25) is 0 Å². The van der Waals surface area contributed by atoms with Crippen LogP contribution in [-0.2, 0) is 0 Å². The molecular formula is C18H20N2O4. The molecule has 1 aliphatic rings. The Bertz CT molecular complexity index is 774. The Balaban J connectivity index is 1.80. The van der Waals surface area contributed by atoms with Crippen molar-refractivity contribution in [3.05, 3.63) is 47.5 Å². The summed E-state index contributed by atoms with van der Waals surface area (Å²) in [5.41, 5.74) is 5.66. The van der Waals surface area contributed by atoms with E-state index in [1.54, 1.807) is 33.5 Å². The van der Waals surface area contributed by atoms with Crippen LogP contribution in [0, 0.1) is 0 Å². The summed E-state index contributed by atoms with van der Waals surface area (Å²) in [6, 6.07) is 11.0. The van der Waals surface area contributed by atoms with Crippen molar-refractivity contribution in [2.45, 2.75) is 12.5 Å². The van der Waals surface area contributed by atoms with Crippen molar-refractivity contribution in [3.8, 4) is 23.0 Å². The average Bonchev–Trinajstić information content (AvgIpc) is 3.10. The van der Waals surface area contributed by atoms with Gasteiger partial charge in [0.25, 0.3) is 0 Å². The van der Waals surface area contributed by atoms with Crippen molar-refractivity contribution in [3.63, 3.8) is 0 Å². The molecule has 0 fully saturated rings. The molecule has 2 N–H and O–H groups in total. The molecule has 0 unspecified atom stereocenters. The van der Waals surface area contributed by atoms with Crippen LogP contribution in [0.1, 0.15) is 23.6 Å². The monoisotopic (exact) mass is 328 g/mol. The summed E-state index contributed by atoms with van der Waals surface area (Å²) in [5.74, 6) is 2.13. The summed E-state index contributed by atoms with van der Waals surface area (Å²) in [6.45, 7) is 0. The highest BCUT2D eigenvalue weighted by atomic mass is 16.5. The second kappa shape index (κ2) is 6.70. The second-order valence-electron chi connectivity index (χ2n) is 5.44. The summed E-state index contributed by atoms with van der Waals surface area (Å²) in [7, 11) is 4.79. The first kappa shape index (κ1) is 16.0. The molecule has 1 heterocycles. The maximum Gasteiger partial charge on any atom is 0.161 e. The van der Waals surface area contributed by atoms with Crippen molar-refractivity contribution in [2.75, 3.05) is 21.3 Å². The minimum Gasteiger partial charge on any atom is -0.507 e. The number of benzene rings is 2. The molecule has 3 rings (SSSR count).